The number of rotatable bonds is 0. The van der Waals surface area contributed by atoms with Crippen molar-refractivity contribution in [2.24, 2.45) is 17.3 Å². The minimum absolute atomic E-state index is 0.242. The van der Waals surface area contributed by atoms with E-state index in [0.29, 0.717) is 5.41 Å². The summed E-state index contributed by atoms with van der Waals surface area (Å²) < 4.78 is 0. The van der Waals surface area contributed by atoms with E-state index in [0.717, 1.165) is 17.9 Å². The largest absolute Gasteiger partial charge is 0.388 e. The molecule has 0 amide bonds. The molecule has 1 saturated carbocycles. The van der Waals surface area contributed by atoms with Crippen LogP contribution in [0.3, 0.4) is 0 Å². The predicted molar refractivity (Wildman–Crippen MR) is 136 cm³/mol. The average molecular weight is 413 g/mol. The molecule has 2 aliphatic rings. The van der Waals surface area contributed by atoms with Crippen LogP contribution in [-0.2, 0) is 5.41 Å². The maximum Gasteiger partial charge on any atom is 0.0454 e. The molecule has 4 rings (SSSR count). The van der Waals surface area contributed by atoms with Crippen LogP contribution in [-0.4, -0.2) is 11.0 Å². The molecule has 0 radical (unpaired) electrons. The Kier molecular flexibility index (Phi) is 10.2. The summed E-state index contributed by atoms with van der Waals surface area (Å²) in [7, 11) is 0. The van der Waals surface area contributed by atoms with Crippen molar-refractivity contribution < 1.29 is 0 Å². The lowest BCUT2D eigenvalue weighted by atomic mass is 9.68. The summed E-state index contributed by atoms with van der Waals surface area (Å²) in [4.78, 5) is 3.20. The van der Waals surface area contributed by atoms with Crippen LogP contribution in [0.5, 0.6) is 0 Å². The molecule has 3 atom stereocenters. The Morgan fingerprint density at radius 1 is 0.867 bits per heavy atom. The van der Waals surface area contributed by atoms with E-state index in [1.807, 2.05) is 33.9 Å². The molecule has 0 bridgehead atoms. The number of aromatic nitrogens is 1. The Bertz CT molecular complexity index is 755. The fourth-order valence-electron chi connectivity index (χ4n) is 4.23. The standard InChI is InChI=1S/C12H21N.C12H15N.2C2H6/c2*1-12(2,3)10-4-5-11-9(8-10)6-7-13-11;2*1-2/h6-7,9-11,13H,4-5,8H2,1-3H3;4-8,13H,1-3H3;2*1-2H3. The van der Waals surface area contributed by atoms with Gasteiger partial charge in [0.25, 0.3) is 0 Å². The van der Waals surface area contributed by atoms with Gasteiger partial charge in [-0.1, -0.05) is 81.4 Å². The van der Waals surface area contributed by atoms with Gasteiger partial charge in [-0.05, 0) is 77.3 Å². The molecule has 3 unspecified atom stereocenters. The number of aromatic amines is 1. The second-order valence-electron chi connectivity index (χ2n) is 10.2. The van der Waals surface area contributed by atoms with Gasteiger partial charge in [-0.2, -0.15) is 0 Å². The summed E-state index contributed by atoms with van der Waals surface area (Å²) in [6.07, 6.45) is 10.6. The molecule has 0 saturated heterocycles. The molecule has 2 N–H and O–H groups in total. The molecular formula is C28H48N2. The van der Waals surface area contributed by atoms with Crippen molar-refractivity contribution in [2.45, 2.75) is 100.0 Å². The maximum atomic E-state index is 3.45. The molecule has 1 aliphatic carbocycles. The number of benzene rings is 1. The van der Waals surface area contributed by atoms with E-state index in [-0.39, 0.29) is 5.41 Å². The van der Waals surface area contributed by atoms with Crippen molar-refractivity contribution in [1.82, 2.24) is 10.3 Å². The lowest BCUT2D eigenvalue weighted by Crippen LogP contribution is -2.36. The van der Waals surface area contributed by atoms with Crippen LogP contribution < -0.4 is 5.32 Å². The molecule has 2 aromatic rings. The first kappa shape index (κ1) is 26.3. The van der Waals surface area contributed by atoms with E-state index in [2.05, 4.69) is 88.4 Å². The molecule has 2 heterocycles. The second kappa shape index (κ2) is 11.6. The topological polar surface area (TPSA) is 27.8 Å². The third-order valence-electron chi connectivity index (χ3n) is 6.20. The second-order valence-corrected chi connectivity index (χ2v) is 10.2. The molecule has 1 aromatic carbocycles. The van der Waals surface area contributed by atoms with Crippen LogP contribution in [0.2, 0.25) is 0 Å². The van der Waals surface area contributed by atoms with Crippen molar-refractivity contribution in [3.05, 3.63) is 48.3 Å². The van der Waals surface area contributed by atoms with E-state index >= 15 is 0 Å². The van der Waals surface area contributed by atoms with Crippen LogP contribution in [0.15, 0.2) is 42.7 Å². The monoisotopic (exact) mass is 412 g/mol. The van der Waals surface area contributed by atoms with Gasteiger partial charge in [0.15, 0.2) is 0 Å². The average Bonchev–Trinajstić information content (AvgIpc) is 3.38. The molecule has 0 spiro atoms. The van der Waals surface area contributed by atoms with Gasteiger partial charge in [-0.15, -0.1) is 0 Å². The quantitative estimate of drug-likeness (QED) is 0.446. The Morgan fingerprint density at radius 2 is 1.53 bits per heavy atom. The summed E-state index contributed by atoms with van der Waals surface area (Å²) in [5, 5.41) is 4.75. The van der Waals surface area contributed by atoms with Crippen LogP contribution >= 0.6 is 0 Å². The van der Waals surface area contributed by atoms with E-state index in [9.17, 15) is 0 Å². The van der Waals surface area contributed by atoms with Crippen LogP contribution in [0, 0.1) is 17.3 Å². The number of H-pyrrole nitrogens is 1. The summed E-state index contributed by atoms with van der Waals surface area (Å²) in [6.45, 7) is 21.8. The van der Waals surface area contributed by atoms with Crippen molar-refractivity contribution >= 4 is 10.9 Å². The van der Waals surface area contributed by atoms with Crippen molar-refractivity contribution in [3.8, 4) is 0 Å². The smallest absolute Gasteiger partial charge is 0.0454 e. The number of hydrogen-bond acceptors (Lipinski definition) is 1. The normalized spacial score (nSPS) is 22.4. The fraction of sp³-hybridized carbons (Fsp3) is 0.643. The summed E-state index contributed by atoms with van der Waals surface area (Å²) in [5.41, 5.74) is 3.35. The van der Waals surface area contributed by atoms with Crippen molar-refractivity contribution in [2.75, 3.05) is 0 Å². The highest BCUT2D eigenvalue weighted by molar-refractivity contribution is 5.80. The fourth-order valence-corrected chi connectivity index (χ4v) is 4.23. The SMILES string of the molecule is CC.CC.CC(C)(C)C1CCC2NC=CC2C1.CC(C)(C)c1ccc2[nH]ccc2c1. The summed E-state index contributed by atoms with van der Waals surface area (Å²) in [6, 6.07) is 9.48. The molecule has 1 aromatic heterocycles. The predicted octanol–water partition coefficient (Wildman–Crippen LogP) is 8.45. The highest BCUT2D eigenvalue weighted by atomic mass is 14.9. The summed E-state index contributed by atoms with van der Waals surface area (Å²) in [5.74, 6) is 1.73. The maximum absolute atomic E-state index is 3.45. The number of hydrogen-bond donors (Lipinski definition) is 2. The van der Waals surface area contributed by atoms with E-state index in [1.54, 1.807) is 0 Å². The zero-order chi connectivity index (χ0) is 22.9. The van der Waals surface area contributed by atoms with Gasteiger partial charge in [0.1, 0.15) is 0 Å². The zero-order valence-electron chi connectivity index (χ0n) is 21.4. The lowest BCUT2D eigenvalue weighted by Gasteiger charge is -2.39. The Labute approximate surface area is 186 Å². The van der Waals surface area contributed by atoms with Crippen LogP contribution in [0.1, 0.15) is 94.1 Å². The Hall–Kier alpha value is -1.70. The molecular weight excluding hydrogens is 364 g/mol. The van der Waals surface area contributed by atoms with E-state index in [1.165, 1.54) is 35.7 Å². The van der Waals surface area contributed by atoms with Gasteiger partial charge in [-0.25, -0.2) is 0 Å². The molecule has 2 heteroatoms. The van der Waals surface area contributed by atoms with Gasteiger partial charge in [0, 0.05) is 17.8 Å². The van der Waals surface area contributed by atoms with Gasteiger partial charge >= 0.3 is 0 Å². The third kappa shape index (κ3) is 7.22. The van der Waals surface area contributed by atoms with Crippen LogP contribution in [0.4, 0.5) is 0 Å². The third-order valence-corrected chi connectivity index (χ3v) is 6.20. The van der Waals surface area contributed by atoms with Crippen LogP contribution in [0.25, 0.3) is 10.9 Å². The van der Waals surface area contributed by atoms with Gasteiger partial charge in [0.05, 0.1) is 0 Å². The minimum Gasteiger partial charge on any atom is -0.388 e. The first-order chi connectivity index (χ1) is 14.1. The van der Waals surface area contributed by atoms with E-state index < -0.39 is 0 Å². The highest BCUT2D eigenvalue weighted by Crippen LogP contribution is 2.41. The van der Waals surface area contributed by atoms with Crippen molar-refractivity contribution in [3.63, 3.8) is 0 Å². The highest BCUT2D eigenvalue weighted by Gasteiger charge is 2.35. The molecule has 1 aliphatic heterocycles. The van der Waals surface area contributed by atoms with Gasteiger partial charge in [-0.3, -0.25) is 0 Å². The van der Waals surface area contributed by atoms with E-state index in [4.69, 9.17) is 0 Å². The zero-order valence-corrected chi connectivity index (χ0v) is 21.4. The molecule has 1 fully saturated rings. The number of nitrogens with one attached hydrogen (secondary N) is 2. The number of fused-ring (bicyclic) bond motifs is 2. The summed E-state index contributed by atoms with van der Waals surface area (Å²) >= 11 is 0. The minimum atomic E-state index is 0.242. The van der Waals surface area contributed by atoms with Gasteiger partial charge < -0.3 is 10.3 Å². The first-order valence-corrected chi connectivity index (χ1v) is 12.1. The van der Waals surface area contributed by atoms with Gasteiger partial charge in [0.2, 0.25) is 0 Å². The molecule has 30 heavy (non-hydrogen) atoms. The lowest BCUT2D eigenvalue weighted by molar-refractivity contribution is 0.143. The molecule has 2 nitrogen and oxygen atoms in total. The Balaban J connectivity index is 0.000000258. The first-order valence-electron chi connectivity index (χ1n) is 12.1. The van der Waals surface area contributed by atoms with Crippen molar-refractivity contribution in [1.29, 1.82) is 0 Å². The molecule has 170 valence electrons. The Morgan fingerprint density at radius 3 is 2.13 bits per heavy atom.